The predicted octanol–water partition coefficient (Wildman–Crippen LogP) is 5.70. The molecule has 0 amide bonds. The molecule has 8 aliphatic rings. The maximum Gasteiger partial charge on any atom is 0.189 e. The monoisotopic (exact) mass is 723 g/mol. The van der Waals surface area contributed by atoms with Crippen molar-refractivity contribution in [3.05, 3.63) is 95.5 Å². The maximum atomic E-state index is 13.3. The van der Waals surface area contributed by atoms with Crippen molar-refractivity contribution in [2.75, 3.05) is 7.05 Å². The van der Waals surface area contributed by atoms with E-state index in [2.05, 4.69) is 98.9 Å². The van der Waals surface area contributed by atoms with Crippen molar-refractivity contribution in [3.63, 3.8) is 0 Å². The molecule has 0 radical (unpaired) electrons. The lowest BCUT2D eigenvalue weighted by Crippen LogP contribution is -2.65. The second kappa shape index (κ2) is 11.3. The molecule has 6 bridgehead atoms. The predicted molar refractivity (Wildman–Crippen MR) is 210 cm³/mol. The molecule has 0 aliphatic heterocycles. The quantitative estimate of drug-likeness (QED) is 0.0784. The highest BCUT2D eigenvalue weighted by Crippen LogP contribution is 2.80. The van der Waals surface area contributed by atoms with Crippen molar-refractivity contribution in [3.8, 4) is 11.8 Å². The van der Waals surface area contributed by atoms with Crippen molar-refractivity contribution in [1.29, 1.82) is 0 Å². The number of allylic oxidation sites excluding steroid dienone is 5. The Bertz CT molecular complexity index is 2190. The van der Waals surface area contributed by atoms with Crippen LogP contribution in [-0.2, 0) is 12.8 Å². The number of aliphatic hydroxyl groups is 3. The number of para-hydroxylation sites is 1. The number of aliphatic hydroxyl groups excluding tert-OH is 1. The number of aromatic amines is 2. The van der Waals surface area contributed by atoms with E-state index in [-0.39, 0.29) is 47.4 Å². The van der Waals surface area contributed by atoms with Crippen molar-refractivity contribution < 1.29 is 15.3 Å². The minimum atomic E-state index is -1.46. The van der Waals surface area contributed by atoms with E-state index >= 15 is 0 Å². The van der Waals surface area contributed by atoms with Gasteiger partial charge in [-0.2, -0.15) is 0 Å². The molecule has 8 aliphatic carbocycles. The summed E-state index contributed by atoms with van der Waals surface area (Å²) in [6, 6.07) is 14.7. The Morgan fingerprint density at radius 2 is 1.91 bits per heavy atom. The largest absolute Gasteiger partial charge is 0.390 e. The maximum absolute atomic E-state index is 13.3. The van der Waals surface area contributed by atoms with Crippen LogP contribution in [0, 0.1) is 63.6 Å². The molecule has 8 N–H and O–H groups in total. The first-order valence-corrected chi connectivity index (χ1v) is 20.5. The van der Waals surface area contributed by atoms with Crippen molar-refractivity contribution >= 4 is 16.9 Å². The minimum Gasteiger partial charge on any atom is -0.390 e. The van der Waals surface area contributed by atoms with Crippen molar-refractivity contribution in [2.45, 2.75) is 94.0 Å². The number of aliphatic imine (C=N–C) groups is 1. The lowest BCUT2D eigenvalue weighted by atomic mass is 9.35. The number of rotatable bonds is 5. The molecule has 8 nitrogen and oxygen atoms in total. The van der Waals surface area contributed by atoms with Crippen LogP contribution >= 0.6 is 0 Å². The van der Waals surface area contributed by atoms with Gasteiger partial charge in [0.25, 0.3) is 0 Å². The van der Waals surface area contributed by atoms with Crippen LogP contribution in [-0.4, -0.2) is 61.6 Å². The van der Waals surface area contributed by atoms with Crippen molar-refractivity contribution in [1.82, 2.24) is 15.3 Å². The fraction of sp³-hybridized carbons (Fsp3) is 0.543. The second-order valence-electron chi connectivity index (χ2n) is 18.8. The number of nitrogens with two attached hydrogens (primary N) is 1. The average molecular weight is 724 g/mol. The molecule has 2 spiro atoms. The van der Waals surface area contributed by atoms with Gasteiger partial charge in [-0.15, -0.1) is 0 Å². The molecule has 13 atom stereocenters. The Balaban J connectivity index is 1.18. The van der Waals surface area contributed by atoms with Gasteiger partial charge in [-0.05, 0) is 128 Å². The van der Waals surface area contributed by atoms with Gasteiger partial charge in [0.05, 0.1) is 28.8 Å². The molecule has 2 heterocycles. The standard InChI is InChI=1S/C46H53N5O3/c1-48-41(47)51-32-13-16-43-15-11-28-12-17-44(53)34-8-9-35(40-36(44)22-38(52)45(40,54)25-32)46(43,39(28)34)30(21-33-20-29-5-2-3-7-37(29)50-33)24-42(26-43)14-10-27(23-42)19-31-6-4-18-49-31/h2-7,11-12,15,18,20,24,27,32,34-36,38-40,49-50,52-54H,8-10,14,17,19,21-23,25-26H2,1H3,(H3,47,48,51)/t27-,32-,34+,35+,36-,38-,39+,40-,42-,43-,44+,45-,46-/m0/s1. The highest BCUT2D eigenvalue weighted by atomic mass is 16.3. The second-order valence-corrected chi connectivity index (χ2v) is 18.8. The van der Waals surface area contributed by atoms with E-state index in [1.54, 1.807) is 7.05 Å². The molecule has 4 saturated carbocycles. The fourth-order valence-electron chi connectivity index (χ4n) is 14.8. The summed E-state index contributed by atoms with van der Waals surface area (Å²) in [5.74, 6) is 8.22. The summed E-state index contributed by atoms with van der Waals surface area (Å²) in [6.07, 6.45) is 20.1. The number of aromatic nitrogens is 2. The molecule has 1 aromatic carbocycles. The van der Waals surface area contributed by atoms with Crippen LogP contribution in [0.25, 0.3) is 10.9 Å². The van der Waals surface area contributed by atoms with Crippen LogP contribution in [0.5, 0.6) is 0 Å². The average Bonchev–Trinajstić information content (AvgIpc) is 3.94. The molecule has 54 heavy (non-hydrogen) atoms. The van der Waals surface area contributed by atoms with E-state index < -0.39 is 34.2 Å². The van der Waals surface area contributed by atoms with Crippen LogP contribution < -0.4 is 11.1 Å². The van der Waals surface area contributed by atoms with E-state index in [9.17, 15) is 15.3 Å². The number of guanidine groups is 1. The van der Waals surface area contributed by atoms with E-state index in [0.717, 1.165) is 50.5 Å². The number of nitrogens with one attached hydrogen (secondary N) is 3. The summed E-state index contributed by atoms with van der Waals surface area (Å²) < 4.78 is 0. The number of hydrogen-bond donors (Lipinski definition) is 7. The van der Waals surface area contributed by atoms with Gasteiger partial charge >= 0.3 is 0 Å². The Labute approximate surface area is 317 Å². The van der Waals surface area contributed by atoms with E-state index in [1.165, 1.54) is 34.3 Å². The summed E-state index contributed by atoms with van der Waals surface area (Å²) in [5.41, 5.74) is 9.20. The van der Waals surface area contributed by atoms with Crippen LogP contribution in [0.2, 0.25) is 0 Å². The van der Waals surface area contributed by atoms with Crippen LogP contribution in [0.4, 0.5) is 0 Å². The van der Waals surface area contributed by atoms with Gasteiger partial charge in [-0.3, -0.25) is 4.99 Å². The fourth-order valence-corrected chi connectivity index (χ4v) is 14.8. The summed E-state index contributed by atoms with van der Waals surface area (Å²) in [5, 5.41) is 43.2. The SMILES string of the molecule is CN=C(N)N[C@H]1C#C[C@]23C=CC4=CC[C@@]5(O)[C@@H]6CC[C@H]([C@H]7[C@@H]5C[C@H](O)[C@@]7(O)C1)[C@@]2(C(Cc1cc2ccccc2[nH]1)=C[C@@]1(CC[C@@H](Cc2ccc[nH]2)C1)C3)[C@H]46. The summed E-state index contributed by atoms with van der Waals surface area (Å²) >= 11 is 0. The first-order chi connectivity index (χ1) is 26.1. The topological polar surface area (TPSA) is 143 Å². The summed E-state index contributed by atoms with van der Waals surface area (Å²) in [6.45, 7) is 0. The van der Waals surface area contributed by atoms with Gasteiger partial charge < -0.3 is 36.3 Å². The smallest absolute Gasteiger partial charge is 0.189 e. The minimum absolute atomic E-state index is 0.0145. The lowest BCUT2D eigenvalue weighted by molar-refractivity contribution is -0.146. The number of nitrogens with zero attached hydrogens (tertiary/aromatic N) is 1. The van der Waals surface area contributed by atoms with E-state index in [1.807, 2.05) is 6.20 Å². The first-order valence-electron chi connectivity index (χ1n) is 20.5. The number of hydrogen-bond acceptors (Lipinski definition) is 4. The molecule has 8 heteroatoms. The number of fused-ring (bicyclic) bond motifs is 2. The van der Waals surface area contributed by atoms with Crippen LogP contribution in [0.1, 0.15) is 69.2 Å². The number of H-pyrrole nitrogens is 2. The van der Waals surface area contributed by atoms with E-state index in [4.69, 9.17) is 5.73 Å². The van der Waals surface area contributed by atoms with Crippen LogP contribution in [0.15, 0.2) is 89.1 Å². The third-order valence-corrected chi connectivity index (χ3v) is 16.5. The lowest BCUT2D eigenvalue weighted by Gasteiger charge is -2.68. The molecule has 0 saturated heterocycles. The Morgan fingerprint density at radius 3 is 2.74 bits per heavy atom. The molecule has 11 rings (SSSR count). The third kappa shape index (κ3) is 4.30. The van der Waals surface area contributed by atoms with Gasteiger partial charge in [-0.1, -0.05) is 59.9 Å². The highest BCUT2D eigenvalue weighted by Gasteiger charge is 2.79. The van der Waals surface area contributed by atoms with Gasteiger partial charge in [0.2, 0.25) is 0 Å². The normalized spacial score (nSPS) is 45.2. The Morgan fingerprint density at radius 1 is 1.04 bits per heavy atom. The molecular formula is C46H53N5O3. The van der Waals surface area contributed by atoms with Gasteiger partial charge in [0.1, 0.15) is 0 Å². The van der Waals surface area contributed by atoms with E-state index in [0.29, 0.717) is 18.8 Å². The molecule has 4 fully saturated rings. The Kier molecular flexibility index (Phi) is 6.96. The molecular weight excluding hydrogens is 671 g/mol. The number of benzene rings is 1. The summed E-state index contributed by atoms with van der Waals surface area (Å²) in [4.78, 5) is 11.5. The molecule has 2 aromatic heterocycles. The van der Waals surface area contributed by atoms with Crippen LogP contribution in [0.3, 0.4) is 0 Å². The van der Waals surface area contributed by atoms with Gasteiger partial charge in [0, 0.05) is 54.3 Å². The van der Waals surface area contributed by atoms with Gasteiger partial charge in [-0.25, -0.2) is 0 Å². The zero-order chi connectivity index (χ0) is 36.7. The van der Waals surface area contributed by atoms with Crippen molar-refractivity contribution in [2.24, 2.45) is 62.5 Å². The third-order valence-electron chi connectivity index (χ3n) is 16.5. The first kappa shape index (κ1) is 33.3. The molecule has 3 aromatic rings. The zero-order valence-corrected chi connectivity index (χ0v) is 31.2. The van der Waals surface area contributed by atoms with Gasteiger partial charge in [0.15, 0.2) is 5.96 Å². The summed E-state index contributed by atoms with van der Waals surface area (Å²) in [7, 11) is 1.66. The zero-order valence-electron chi connectivity index (χ0n) is 31.2. The molecule has 280 valence electrons. The highest BCUT2D eigenvalue weighted by molar-refractivity contribution is 5.80. The Hall–Kier alpha value is -4.03. The molecule has 0 unspecified atom stereocenters.